The first-order valence-corrected chi connectivity index (χ1v) is 9.26. The number of hydrogen-bond acceptors (Lipinski definition) is 2. The van der Waals surface area contributed by atoms with E-state index < -0.39 is 15.8 Å². The number of nitrogens with zero attached hydrogens (tertiary/aromatic N) is 1. The minimum absolute atomic E-state index is 0.0677. The zero-order chi connectivity index (χ0) is 15.2. The quantitative estimate of drug-likeness (QED) is 0.797. The SMILES string of the molecule is Cc1c(F)cc(CCl)cc1S(=O)(=O)N1CC2CCCC2C1. The van der Waals surface area contributed by atoms with Crippen molar-refractivity contribution in [2.45, 2.75) is 37.0 Å². The lowest BCUT2D eigenvalue weighted by molar-refractivity contribution is 0.444. The minimum Gasteiger partial charge on any atom is -0.207 e. The minimum atomic E-state index is -3.63. The Morgan fingerprint density at radius 3 is 2.48 bits per heavy atom. The highest BCUT2D eigenvalue weighted by Gasteiger charge is 2.42. The van der Waals surface area contributed by atoms with E-state index in [2.05, 4.69) is 0 Å². The highest BCUT2D eigenvalue weighted by Crippen LogP contribution is 2.40. The van der Waals surface area contributed by atoms with Crippen LogP contribution in [-0.4, -0.2) is 25.8 Å². The summed E-state index contributed by atoms with van der Waals surface area (Å²) in [4.78, 5) is 0.0677. The molecule has 1 aromatic rings. The summed E-state index contributed by atoms with van der Waals surface area (Å²) in [5, 5.41) is 0. The van der Waals surface area contributed by atoms with E-state index in [4.69, 9.17) is 11.6 Å². The molecule has 1 saturated heterocycles. The molecule has 2 fully saturated rings. The molecule has 6 heteroatoms. The maximum Gasteiger partial charge on any atom is 0.243 e. The largest absolute Gasteiger partial charge is 0.243 e. The standard InChI is InChI=1S/C15H19ClFNO2S/c1-10-14(17)5-11(7-16)6-15(10)21(19,20)18-8-12-3-2-4-13(12)9-18/h5-6,12-13H,2-4,7-9H2,1H3. The molecule has 2 atom stereocenters. The fourth-order valence-corrected chi connectivity index (χ4v) is 5.57. The van der Waals surface area contributed by atoms with Crippen LogP contribution < -0.4 is 0 Å². The van der Waals surface area contributed by atoms with Crippen LogP contribution in [0.4, 0.5) is 4.39 Å². The van der Waals surface area contributed by atoms with Gasteiger partial charge in [0.1, 0.15) is 5.82 Å². The summed E-state index contributed by atoms with van der Waals surface area (Å²) in [5.74, 6) is 0.540. The highest BCUT2D eigenvalue weighted by atomic mass is 35.5. The van der Waals surface area contributed by atoms with Gasteiger partial charge in [-0.3, -0.25) is 0 Å². The van der Waals surface area contributed by atoms with E-state index in [0.29, 0.717) is 30.5 Å². The predicted octanol–water partition coefficient (Wildman–Crippen LogP) is 3.29. The van der Waals surface area contributed by atoms with Crippen molar-refractivity contribution in [1.29, 1.82) is 0 Å². The summed E-state index contributed by atoms with van der Waals surface area (Å²) >= 11 is 5.74. The van der Waals surface area contributed by atoms with Crippen LogP contribution in [0.1, 0.15) is 30.4 Å². The lowest BCUT2D eigenvalue weighted by atomic mass is 10.0. The van der Waals surface area contributed by atoms with Crippen LogP contribution in [0.3, 0.4) is 0 Å². The second-order valence-electron chi connectivity index (χ2n) is 6.11. The van der Waals surface area contributed by atoms with Gasteiger partial charge < -0.3 is 0 Å². The summed E-state index contributed by atoms with van der Waals surface area (Å²) in [5.41, 5.74) is 0.679. The maximum absolute atomic E-state index is 13.9. The molecule has 21 heavy (non-hydrogen) atoms. The highest BCUT2D eigenvalue weighted by molar-refractivity contribution is 7.89. The van der Waals surface area contributed by atoms with E-state index in [1.807, 2.05) is 0 Å². The maximum atomic E-state index is 13.9. The van der Waals surface area contributed by atoms with Crippen molar-refractivity contribution in [3.63, 3.8) is 0 Å². The van der Waals surface area contributed by atoms with Crippen LogP contribution in [0.15, 0.2) is 17.0 Å². The lowest BCUT2D eigenvalue weighted by Crippen LogP contribution is -2.30. The van der Waals surface area contributed by atoms with Gasteiger partial charge in [-0.15, -0.1) is 11.6 Å². The summed E-state index contributed by atoms with van der Waals surface area (Å²) in [6.07, 6.45) is 3.40. The van der Waals surface area contributed by atoms with Crippen molar-refractivity contribution in [3.8, 4) is 0 Å². The van der Waals surface area contributed by atoms with Crippen molar-refractivity contribution >= 4 is 21.6 Å². The van der Waals surface area contributed by atoms with Gasteiger partial charge in [-0.25, -0.2) is 12.8 Å². The van der Waals surface area contributed by atoms with E-state index in [0.717, 1.165) is 12.8 Å². The molecule has 0 aromatic heterocycles. The molecule has 0 N–H and O–H groups in total. The second-order valence-corrected chi connectivity index (χ2v) is 8.28. The van der Waals surface area contributed by atoms with Gasteiger partial charge in [0.15, 0.2) is 0 Å². The zero-order valence-electron chi connectivity index (χ0n) is 12.0. The number of benzene rings is 1. The van der Waals surface area contributed by atoms with Gasteiger partial charge in [-0.2, -0.15) is 4.31 Å². The Kier molecular flexibility index (Phi) is 4.01. The summed E-state index contributed by atoms with van der Waals surface area (Å²) in [7, 11) is -3.63. The molecule has 0 spiro atoms. The fourth-order valence-electron chi connectivity index (χ4n) is 3.58. The Morgan fingerprint density at radius 1 is 1.29 bits per heavy atom. The molecule has 1 aromatic carbocycles. The third-order valence-electron chi connectivity index (χ3n) is 4.82. The van der Waals surface area contributed by atoms with E-state index in [1.165, 1.54) is 29.8 Å². The van der Waals surface area contributed by atoms with Crippen molar-refractivity contribution in [2.75, 3.05) is 13.1 Å². The van der Waals surface area contributed by atoms with Crippen molar-refractivity contribution in [1.82, 2.24) is 4.31 Å². The number of fused-ring (bicyclic) bond motifs is 1. The predicted molar refractivity (Wildman–Crippen MR) is 80.3 cm³/mol. The van der Waals surface area contributed by atoms with Crippen LogP contribution in [-0.2, 0) is 15.9 Å². The van der Waals surface area contributed by atoms with Crippen molar-refractivity contribution in [3.05, 3.63) is 29.1 Å². The number of hydrogen-bond donors (Lipinski definition) is 0. The van der Waals surface area contributed by atoms with Crippen molar-refractivity contribution < 1.29 is 12.8 Å². The van der Waals surface area contributed by atoms with Crippen LogP contribution in [0.5, 0.6) is 0 Å². The van der Waals surface area contributed by atoms with E-state index in [-0.39, 0.29) is 16.3 Å². The van der Waals surface area contributed by atoms with Gasteiger partial charge >= 0.3 is 0 Å². The molecule has 2 unspecified atom stereocenters. The third kappa shape index (κ3) is 2.60. The Morgan fingerprint density at radius 2 is 1.90 bits per heavy atom. The summed E-state index contributed by atoms with van der Waals surface area (Å²) in [6.45, 7) is 2.65. The molecule has 1 aliphatic heterocycles. The molecule has 0 bridgehead atoms. The van der Waals surface area contributed by atoms with Crippen LogP contribution in [0.2, 0.25) is 0 Å². The molecule has 2 aliphatic rings. The first-order chi connectivity index (χ1) is 9.93. The molecule has 3 nitrogen and oxygen atoms in total. The van der Waals surface area contributed by atoms with E-state index >= 15 is 0 Å². The van der Waals surface area contributed by atoms with Crippen LogP contribution in [0, 0.1) is 24.6 Å². The third-order valence-corrected chi connectivity index (χ3v) is 7.09. The van der Waals surface area contributed by atoms with Gasteiger partial charge in [0.25, 0.3) is 0 Å². The average Bonchev–Trinajstić information content (AvgIpc) is 3.02. The Balaban J connectivity index is 1.97. The topological polar surface area (TPSA) is 37.4 Å². The molecule has 0 radical (unpaired) electrons. The average molecular weight is 332 g/mol. The smallest absolute Gasteiger partial charge is 0.207 e. The van der Waals surface area contributed by atoms with Gasteiger partial charge in [-0.05, 0) is 49.3 Å². The molecule has 1 aliphatic carbocycles. The Labute approximate surface area is 130 Å². The molecule has 116 valence electrons. The van der Waals surface area contributed by atoms with E-state index in [9.17, 15) is 12.8 Å². The fraction of sp³-hybridized carbons (Fsp3) is 0.600. The zero-order valence-corrected chi connectivity index (χ0v) is 13.6. The molecule has 1 saturated carbocycles. The molecular weight excluding hydrogens is 313 g/mol. The molecule has 0 amide bonds. The lowest BCUT2D eigenvalue weighted by Gasteiger charge is -2.19. The number of halogens is 2. The number of rotatable bonds is 3. The van der Waals surface area contributed by atoms with Gasteiger partial charge in [0.2, 0.25) is 10.0 Å². The summed E-state index contributed by atoms with van der Waals surface area (Å²) in [6, 6.07) is 2.81. The first-order valence-electron chi connectivity index (χ1n) is 7.28. The van der Waals surface area contributed by atoms with E-state index in [1.54, 1.807) is 0 Å². The number of alkyl halides is 1. The second kappa shape index (κ2) is 5.52. The Hall–Kier alpha value is -0.650. The van der Waals surface area contributed by atoms with Crippen LogP contribution in [0.25, 0.3) is 0 Å². The molecular formula is C15H19ClFNO2S. The normalized spacial score (nSPS) is 26.2. The number of sulfonamides is 1. The summed E-state index contributed by atoms with van der Waals surface area (Å²) < 4.78 is 41.1. The molecule has 1 heterocycles. The van der Waals surface area contributed by atoms with Gasteiger partial charge in [-0.1, -0.05) is 6.42 Å². The van der Waals surface area contributed by atoms with Crippen LogP contribution >= 0.6 is 11.6 Å². The Bertz CT molecular complexity index is 650. The monoisotopic (exact) mass is 331 g/mol. The van der Waals surface area contributed by atoms with Gasteiger partial charge in [0, 0.05) is 24.5 Å². The van der Waals surface area contributed by atoms with Gasteiger partial charge in [0.05, 0.1) is 4.90 Å². The van der Waals surface area contributed by atoms with Crippen molar-refractivity contribution in [2.24, 2.45) is 11.8 Å². The molecule has 3 rings (SSSR count). The first kappa shape index (κ1) is 15.3.